The van der Waals surface area contributed by atoms with Crippen molar-refractivity contribution in [3.63, 3.8) is 0 Å². The largest absolute Gasteiger partial charge is 0.330 e. The summed E-state index contributed by atoms with van der Waals surface area (Å²) in [4.78, 5) is 35.5. The summed E-state index contributed by atoms with van der Waals surface area (Å²) in [5, 5.41) is 2.16. The smallest absolute Gasteiger partial charge is 0.277 e. The highest BCUT2D eigenvalue weighted by Gasteiger charge is 2.40. The van der Waals surface area contributed by atoms with Gasteiger partial charge in [0.1, 0.15) is 5.92 Å². The first kappa shape index (κ1) is 11.4. The predicted molar refractivity (Wildman–Crippen MR) is 53.8 cm³/mol. The van der Waals surface area contributed by atoms with E-state index in [0.717, 1.165) is 4.90 Å². The average Bonchev–Trinajstić information content (AvgIpc) is 2.17. The second-order valence-electron chi connectivity index (χ2n) is 3.34. The van der Waals surface area contributed by atoms with Crippen molar-refractivity contribution in [2.75, 3.05) is 6.54 Å². The number of imide groups is 2. The van der Waals surface area contributed by atoms with Gasteiger partial charge in [-0.05, 0) is 20.8 Å². The molecule has 1 fully saturated rings. The van der Waals surface area contributed by atoms with Gasteiger partial charge in [0.15, 0.2) is 0 Å². The number of nitrogens with one attached hydrogen (secondary N) is 1. The molecule has 1 atom stereocenters. The Morgan fingerprint density at radius 3 is 2.53 bits per heavy atom. The van der Waals surface area contributed by atoms with Crippen LogP contribution in [-0.4, -0.2) is 29.3 Å². The molecule has 1 heterocycles. The molecule has 0 bridgehead atoms. The lowest BCUT2D eigenvalue weighted by Crippen LogP contribution is -2.57. The van der Waals surface area contributed by atoms with Gasteiger partial charge in [0.2, 0.25) is 11.8 Å². The van der Waals surface area contributed by atoms with E-state index >= 15 is 0 Å². The number of hydrogen-bond acceptors (Lipinski definition) is 3. The second-order valence-corrected chi connectivity index (χ2v) is 3.34. The van der Waals surface area contributed by atoms with Crippen molar-refractivity contribution in [3.8, 4) is 0 Å². The van der Waals surface area contributed by atoms with Gasteiger partial charge >= 0.3 is 6.03 Å². The molecule has 15 heavy (non-hydrogen) atoms. The van der Waals surface area contributed by atoms with E-state index in [1.807, 2.05) is 0 Å². The van der Waals surface area contributed by atoms with E-state index < -0.39 is 23.8 Å². The van der Waals surface area contributed by atoms with Gasteiger partial charge in [-0.1, -0.05) is 11.6 Å². The van der Waals surface area contributed by atoms with E-state index in [2.05, 4.69) is 5.32 Å². The zero-order valence-corrected chi connectivity index (χ0v) is 9.03. The molecule has 4 amide bonds. The summed E-state index contributed by atoms with van der Waals surface area (Å²) in [7, 11) is 0. The number of barbiturate groups is 1. The van der Waals surface area contributed by atoms with Crippen LogP contribution in [0.3, 0.4) is 0 Å². The lowest BCUT2D eigenvalue weighted by atomic mass is 9.96. The van der Waals surface area contributed by atoms with Crippen molar-refractivity contribution in [2.24, 2.45) is 5.92 Å². The van der Waals surface area contributed by atoms with Gasteiger partial charge in [-0.2, -0.15) is 0 Å². The molecule has 0 radical (unpaired) electrons. The van der Waals surface area contributed by atoms with Crippen LogP contribution in [-0.2, 0) is 9.59 Å². The minimum absolute atomic E-state index is 0.269. The Labute approximate surface area is 88.1 Å². The fourth-order valence-electron chi connectivity index (χ4n) is 1.48. The van der Waals surface area contributed by atoms with E-state index in [-0.39, 0.29) is 6.54 Å². The number of carbonyl (C=O) groups excluding carboxylic acids is 3. The van der Waals surface area contributed by atoms with Crippen molar-refractivity contribution in [1.29, 1.82) is 0 Å². The van der Waals surface area contributed by atoms with Crippen LogP contribution in [0, 0.1) is 5.92 Å². The summed E-state index contributed by atoms with van der Waals surface area (Å²) in [6, 6.07) is -0.632. The van der Waals surface area contributed by atoms with Gasteiger partial charge in [-0.15, -0.1) is 0 Å². The van der Waals surface area contributed by atoms with Gasteiger partial charge in [0.25, 0.3) is 0 Å². The Morgan fingerprint density at radius 2 is 2.07 bits per heavy atom. The van der Waals surface area contributed by atoms with Crippen molar-refractivity contribution in [1.82, 2.24) is 10.2 Å². The summed E-state index contributed by atoms with van der Waals surface area (Å²) < 4.78 is 0. The Kier molecular flexibility index (Phi) is 3.24. The van der Waals surface area contributed by atoms with Gasteiger partial charge < -0.3 is 0 Å². The number of rotatable bonds is 2. The first-order valence-electron chi connectivity index (χ1n) is 4.81. The maximum absolute atomic E-state index is 11.8. The molecule has 0 saturated carbocycles. The van der Waals surface area contributed by atoms with Crippen LogP contribution >= 0.6 is 0 Å². The number of amides is 4. The molecule has 1 N–H and O–H groups in total. The molecule has 0 unspecified atom stereocenters. The number of allylic oxidation sites excluding steroid dienone is 1. The van der Waals surface area contributed by atoms with E-state index in [9.17, 15) is 14.4 Å². The molecule has 1 saturated heterocycles. The molecular formula is C10H14N2O3. The van der Waals surface area contributed by atoms with E-state index in [0.29, 0.717) is 5.57 Å². The molecule has 0 aromatic rings. The van der Waals surface area contributed by atoms with E-state index in [1.54, 1.807) is 26.8 Å². The molecule has 1 rings (SSSR count). The first-order chi connectivity index (χ1) is 7.02. The second kappa shape index (κ2) is 4.25. The van der Waals surface area contributed by atoms with Crippen LogP contribution in [0.15, 0.2) is 11.6 Å². The minimum atomic E-state index is -0.854. The minimum Gasteiger partial charge on any atom is -0.277 e. The first-order valence-corrected chi connectivity index (χ1v) is 4.81. The van der Waals surface area contributed by atoms with Crippen LogP contribution in [0.1, 0.15) is 20.8 Å². The van der Waals surface area contributed by atoms with E-state index in [1.165, 1.54) is 0 Å². The SMILES string of the molecule is C/C=C(/C)[C@@H]1C(=O)NC(=O)N(CC)C1=O. The van der Waals surface area contributed by atoms with Crippen LogP contribution in [0.25, 0.3) is 0 Å². The number of carbonyl (C=O) groups is 3. The number of urea groups is 1. The zero-order chi connectivity index (χ0) is 11.6. The topological polar surface area (TPSA) is 66.5 Å². The number of nitrogens with zero attached hydrogens (tertiary/aromatic N) is 1. The molecular weight excluding hydrogens is 196 g/mol. The Bertz CT molecular complexity index is 347. The van der Waals surface area contributed by atoms with Crippen LogP contribution < -0.4 is 5.32 Å². The lowest BCUT2D eigenvalue weighted by molar-refractivity contribution is -0.140. The summed E-state index contributed by atoms with van der Waals surface area (Å²) in [6.07, 6.45) is 1.70. The molecule has 0 aromatic carbocycles. The van der Waals surface area contributed by atoms with Gasteiger partial charge in [-0.25, -0.2) is 4.79 Å². The highest BCUT2D eigenvalue weighted by Crippen LogP contribution is 2.18. The lowest BCUT2D eigenvalue weighted by Gasteiger charge is -2.29. The Hall–Kier alpha value is -1.65. The molecule has 0 spiro atoms. The molecule has 0 aromatic heterocycles. The molecule has 1 aliphatic heterocycles. The van der Waals surface area contributed by atoms with Gasteiger partial charge in [0.05, 0.1) is 0 Å². The maximum atomic E-state index is 11.8. The van der Waals surface area contributed by atoms with Crippen LogP contribution in [0.4, 0.5) is 4.79 Å². The highest BCUT2D eigenvalue weighted by molar-refractivity contribution is 6.17. The van der Waals surface area contributed by atoms with Crippen LogP contribution in [0.5, 0.6) is 0 Å². The van der Waals surface area contributed by atoms with Crippen molar-refractivity contribution in [2.45, 2.75) is 20.8 Å². The predicted octanol–water partition coefficient (Wildman–Crippen LogP) is 0.667. The Balaban J connectivity index is 3.03. The molecule has 0 aliphatic carbocycles. The van der Waals surface area contributed by atoms with Gasteiger partial charge in [-0.3, -0.25) is 19.8 Å². The van der Waals surface area contributed by atoms with Crippen LogP contribution in [0.2, 0.25) is 0 Å². The normalized spacial score (nSPS) is 23.1. The summed E-state index contributed by atoms with van der Waals surface area (Å²) >= 11 is 0. The monoisotopic (exact) mass is 210 g/mol. The zero-order valence-electron chi connectivity index (χ0n) is 9.03. The number of hydrogen-bond donors (Lipinski definition) is 1. The third-order valence-electron chi connectivity index (χ3n) is 2.48. The molecule has 5 heteroatoms. The molecule has 5 nitrogen and oxygen atoms in total. The standard InChI is InChI=1S/C10H14N2O3/c1-4-6(3)7-8(13)11-10(15)12(5-2)9(7)14/h4,7H,5H2,1-3H3,(H,11,13,15)/b6-4-/t7-/m1/s1. The molecule has 1 aliphatic rings. The fourth-order valence-corrected chi connectivity index (χ4v) is 1.48. The quantitative estimate of drug-likeness (QED) is 0.538. The third-order valence-corrected chi connectivity index (χ3v) is 2.48. The maximum Gasteiger partial charge on any atom is 0.330 e. The highest BCUT2D eigenvalue weighted by atomic mass is 16.2. The third kappa shape index (κ3) is 1.91. The summed E-state index contributed by atoms with van der Waals surface area (Å²) in [5.74, 6) is -1.83. The van der Waals surface area contributed by atoms with E-state index in [4.69, 9.17) is 0 Å². The van der Waals surface area contributed by atoms with Crippen molar-refractivity contribution >= 4 is 17.8 Å². The van der Waals surface area contributed by atoms with Crippen molar-refractivity contribution < 1.29 is 14.4 Å². The summed E-state index contributed by atoms with van der Waals surface area (Å²) in [5.41, 5.74) is 0.656. The van der Waals surface area contributed by atoms with Crippen molar-refractivity contribution in [3.05, 3.63) is 11.6 Å². The molecule has 82 valence electrons. The summed E-state index contributed by atoms with van der Waals surface area (Å²) in [6.45, 7) is 5.41. The average molecular weight is 210 g/mol. The fraction of sp³-hybridized carbons (Fsp3) is 0.500. The Morgan fingerprint density at radius 1 is 1.47 bits per heavy atom. The van der Waals surface area contributed by atoms with Gasteiger partial charge in [0, 0.05) is 6.54 Å².